The number of likely N-dealkylation sites (tertiary alicyclic amines) is 1. The first-order valence-corrected chi connectivity index (χ1v) is 7.51. The van der Waals surface area contributed by atoms with Gasteiger partial charge in [0.2, 0.25) is 11.8 Å². The van der Waals surface area contributed by atoms with Crippen LogP contribution in [-0.2, 0) is 25.5 Å². The zero-order valence-electron chi connectivity index (χ0n) is 13.2. The Labute approximate surface area is 137 Å². The molecule has 6 nitrogen and oxygen atoms in total. The fraction of sp³-hybridized carbons (Fsp3) is 0.438. The maximum absolute atomic E-state index is 13.7. The van der Waals surface area contributed by atoms with E-state index in [1.165, 1.54) is 18.1 Å². The van der Waals surface area contributed by atoms with E-state index in [2.05, 4.69) is 10.1 Å². The van der Waals surface area contributed by atoms with Gasteiger partial charge in [0.05, 0.1) is 13.5 Å². The summed E-state index contributed by atoms with van der Waals surface area (Å²) in [7, 11) is 1.20. The molecule has 1 aliphatic heterocycles. The lowest BCUT2D eigenvalue weighted by molar-refractivity contribution is -0.142. The van der Waals surface area contributed by atoms with Crippen LogP contribution < -0.4 is 5.32 Å². The number of rotatable bonds is 5. The van der Waals surface area contributed by atoms with Crippen LogP contribution in [0.3, 0.4) is 0 Å². The molecular formula is C16H18F2N2O4. The first-order chi connectivity index (χ1) is 11.4. The van der Waals surface area contributed by atoms with Crippen molar-refractivity contribution in [3.63, 3.8) is 0 Å². The molecule has 1 aromatic rings. The molecule has 0 aromatic heterocycles. The van der Waals surface area contributed by atoms with Gasteiger partial charge >= 0.3 is 5.97 Å². The molecule has 1 saturated heterocycles. The van der Waals surface area contributed by atoms with Crippen LogP contribution in [0.4, 0.5) is 8.78 Å². The van der Waals surface area contributed by atoms with Crippen molar-refractivity contribution in [2.45, 2.75) is 25.3 Å². The molecule has 0 saturated carbocycles. The molecule has 1 aliphatic rings. The Morgan fingerprint density at radius 3 is 2.58 bits per heavy atom. The first kappa shape index (κ1) is 17.8. The Morgan fingerprint density at radius 1 is 1.29 bits per heavy atom. The highest BCUT2D eigenvalue weighted by Crippen LogP contribution is 2.20. The number of amides is 2. The predicted molar refractivity (Wildman–Crippen MR) is 79.8 cm³/mol. The fourth-order valence-electron chi connectivity index (χ4n) is 2.64. The van der Waals surface area contributed by atoms with Crippen molar-refractivity contribution in [2.75, 3.05) is 20.2 Å². The highest BCUT2D eigenvalue weighted by Gasteiger charge is 2.34. The lowest BCUT2D eigenvalue weighted by Gasteiger charge is -2.24. The summed E-state index contributed by atoms with van der Waals surface area (Å²) in [5.41, 5.74) is -0.317. The minimum atomic E-state index is -0.797. The molecule has 1 heterocycles. The molecule has 1 N–H and O–H groups in total. The molecule has 8 heteroatoms. The van der Waals surface area contributed by atoms with Crippen LogP contribution in [0.5, 0.6) is 0 Å². The van der Waals surface area contributed by atoms with Gasteiger partial charge in [0.15, 0.2) is 0 Å². The molecule has 0 unspecified atom stereocenters. The zero-order chi connectivity index (χ0) is 17.7. The maximum Gasteiger partial charge on any atom is 0.325 e. The number of ether oxygens (including phenoxy) is 1. The van der Waals surface area contributed by atoms with Crippen LogP contribution in [0.1, 0.15) is 18.4 Å². The van der Waals surface area contributed by atoms with E-state index >= 15 is 0 Å². The average Bonchev–Trinajstić information content (AvgIpc) is 3.05. The number of nitrogens with one attached hydrogen (secondary N) is 1. The number of benzene rings is 1. The number of hydrogen-bond acceptors (Lipinski definition) is 4. The molecule has 2 rings (SSSR count). The molecule has 0 aliphatic carbocycles. The van der Waals surface area contributed by atoms with Gasteiger partial charge in [0, 0.05) is 12.1 Å². The lowest BCUT2D eigenvalue weighted by Crippen LogP contribution is -2.47. The Morgan fingerprint density at radius 2 is 1.96 bits per heavy atom. The summed E-state index contributed by atoms with van der Waals surface area (Å²) in [6.07, 6.45) is 0.569. The molecule has 0 spiro atoms. The quantitative estimate of drug-likeness (QED) is 0.804. The second-order valence-electron chi connectivity index (χ2n) is 5.42. The van der Waals surface area contributed by atoms with Crippen molar-refractivity contribution in [3.05, 3.63) is 35.4 Å². The SMILES string of the molecule is COC(=O)CNC(=O)[C@H]1CCCN1C(=O)Cc1c(F)cccc1F. The molecule has 1 atom stereocenters. The smallest absolute Gasteiger partial charge is 0.325 e. The third-order valence-electron chi connectivity index (χ3n) is 3.90. The minimum absolute atomic E-state index is 0.296. The van der Waals surface area contributed by atoms with E-state index in [0.717, 1.165) is 12.1 Å². The number of carbonyl (C=O) groups is 3. The number of methoxy groups -OCH3 is 1. The van der Waals surface area contributed by atoms with Gasteiger partial charge in [0.1, 0.15) is 24.2 Å². The van der Waals surface area contributed by atoms with Gasteiger partial charge in [0.25, 0.3) is 0 Å². The van der Waals surface area contributed by atoms with Crippen LogP contribution in [0.25, 0.3) is 0 Å². The number of hydrogen-bond donors (Lipinski definition) is 1. The van der Waals surface area contributed by atoms with Gasteiger partial charge in [-0.3, -0.25) is 14.4 Å². The van der Waals surface area contributed by atoms with E-state index in [0.29, 0.717) is 19.4 Å². The Kier molecular flexibility index (Phi) is 5.83. The summed E-state index contributed by atoms with van der Waals surface area (Å²) >= 11 is 0. The molecule has 24 heavy (non-hydrogen) atoms. The lowest BCUT2D eigenvalue weighted by atomic mass is 10.1. The van der Waals surface area contributed by atoms with Crippen molar-refractivity contribution < 1.29 is 27.9 Å². The number of esters is 1. The van der Waals surface area contributed by atoms with Crippen molar-refractivity contribution in [1.29, 1.82) is 0 Å². The summed E-state index contributed by atoms with van der Waals surface area (Å²) in [6, 6.07) is 2.63. The Balaban J connectivity index is 2.03. The summed E-state index contributed by atoms with van der Waals surface area (Å²) < 4.78 is 31.7. The maximum atomic E-state index is 13.7. The van der Waals surface area contributed by atoms with Gasteiger partial charge in [-0.15, -0.1) is 0 Å². The van der Waals surface area contributed by atoms with Crippen LogP contribution in [0, 0.1) is 11.6 Å². The molecule has 1 fully saturated rings. The van der Waals surface area contributed by atoms with E-state index in [1.54, 1.807) is 0 Å². The Bertz CT molecular complexity index is 631. The standard InChI is InChI=1S/C16H18F2N2O4/c1-24-15(22)9-19-16(23)13-6-3-7-20(13)14(21)8-10-11(17)4-2-5-12(10)18/h2,4-5,13H,3,6-9H2,1H3,(H,19,23)/t13-/m1/s1. The topological polar surface area (TPSA) is 75.7 Å². The van der Waals surface area contributed by atoms with E-state index in [1.807, 2.05) is 0 Å². The second-order valence-corrected chi connectivity index (χ2v) is 5.42. The van der Waals surface area contributed by atoms with Crippen molar-refractivity contribution in [1.82, 2.24) is 10.2 Å². The van der Waals surface area contributed by atoms with Gasteiger partial charge < -0.3 is 15.0 Å². The van der Waals surface area contributed by atoms with E-state index in [-0.39, 0.29) is 12.1 Å². The molecule has 1 aromatic carbocycles. The molecular weight excluding hydrogens is 322 g/mol. The number of halogens is 2. The van der Waals surface area contributed by atoms with E-state index in [4.69, 9.17) is 0 Å². The highest BCUT2D eigenvalue weighted by molar-refractivity contribution is 5.90. The predicted octanol–water partition coefficient (Wildman–Crippen LogP) is 0.788. The minimum Gasteiger partial charge on any atom is -0.468 e. The van der Waals surface area contributed by atoms with Gasteiger partial charge in [-0.25, -0.2) is 8.78 Å². The summed E-state index contributed by atoms with van der Waals surface area (Å²) in [4.78, 5) is 36.8. The molecule has 2 amide bonds. The third-order valence-corrected chi connectivity index (χ3v) is 3.90. The third kappa shape index (κ3) is 4.06. The number of carbonyl (C=O) groups excluding carboxylic acids is 3. The van der Waals surface area contributed by atoms with Crippen molar-refractivity contribution in [2.24, 2.45) is 0 Å². The molecule has 0 bridgehead atoms. The fourth-order valence-corrected chi connectivity index (χ4v) is 2.64. The monoisotopic (exact) mass is 340 g/mol. The normalized spacial score (nSPS) is 16.8. The van der Waals surface area contributed by atoms with Crippen LogP contribution in [-0.4, -0.2) is 48.9 Å². The summed E-state index contributed by atoms with van der Waals surface area (Å²) in [5.74, 6) is -3.22. The van der Waals surface area contributed by atoms with E-state index < -0.39 is 41.9 Å². The van der Waals surface area contributed by atoms with Crippen LogP contribution in [0.2, 0.25) is 0 Å². The largest absolute Gasteiger partial charge is 0.468 e. The van der Waals surface area contributed by atoms with Gasteiger partial charge in [-0.2, -0.15) is 0 Å². The van der Waals surface area contributed by atoms with Crippen molar-refractivity contribution >= 4 is 17.8 Å². The first-order valence-electron chi connectivity index (χ1n) is 7.51. The van der Waals surface area contributed by atoms with Crippen molar-refractivity contribution in [3.8, 4) is 0 Å². The zero-order valence-corrected chi connectivity index (χ0v) is 13.2. The molecule has 130 valence electrons. The van der Waals surface area contributed by atoms with Gasteiger partial charge in [-0.1, -0.05) is 6.07 Å². The van der Waals surface area contributed by atoms with Crippen LogP contribution in [0.15, 0.2) is 18.2 Å². The van der Waals surface area contributed by atoms with E-state index in [9.17, 15) is 23.2 Å². The average molecular weight is 340 g/mol. The number of nitrogens with zero attached hydrogens (tertiary/aromatic N) is 1. The second kappa shape index (κ2) is 7.85. The molecule has 0 radical (unpaired) electrons. The van der Waals surface area contributed by atoms with Gasteiger partial charge in [-0.05, 0) is 25.0 Å². The Hall–Kier alpha value is -2.51. The summed E-state index contributed by atoms with van der Waals surface area (Å²) in [6.45, 7) is 0.0288. The summed E-state index contributed by atoms with van der Waals surface area (Å²) in [5, 5.41) is 2.39. The highest BCUT2D eigenvalue weighted by atomic mass is 19.1. The van der Waals surface area contributed by atoms with Crippen LogP contribution >= 0.6 is 0 Å².